The van der Waals surface area contributed by atoms with E-state index in [9.17, 15) is 26.3 Å². The van der Waals surface area contributed by atoms with Gasteiger partial charge in [0.05, 0.1) is 0 Å². The number of ether oxygens (including phenoxy) is 1. The van der Waals surface area contributed by atoms with E-state index >= 15 is 0 Å². The Balaban J connectivity index is 1.70. The molecule has 146 valence electrons. The second-order valence-electron chi connectivity index (χ2n) is 6.92. The first kappa shape index (κ1) is 19.6. The molecule has 0 fully saturated rings. The molecule has 1 atom stereocenters. The largest absolute Gasteiger partial charge is 0.573 e. The van der Waals surface area contributed by atoms with E-state index in [2.05, 4.69) is 4.74 Å². The third kappa shape index (κ3) is 4.57. The Morgan fingerprint density at radius 3 is 2.37 bits per heavy atom. The van der Waals surface area contributed by atoms with Gasteiger partial charge < -0.3 is 4.74 Å². The molecular formula is C20H18F6O. The molecule has 1 aliphatic rings. The van der Waals surface area contributed by atoms with E-state index in [-0.39, 0.29) is 29.9 Å². The van der Waals surface area contributed by atoms with E-state index in [0.717, 1.165) is 6.07 Å². The lowest BCUT2D eigenvalue weighted by Crippen LogP contribution is -2.21. The molecule has 1 unspecified atom stereocenters. The average Bonchev–Trinajstić information content (AvgIpc) is 2.55. The van der Waals surface area contributed by atoms with Gasteiger partial charge in [-0.2, -0.15) is 0 Å². The van der Waals surface area contributed by atoms with Crippen LogP contribution in [0.3, 0.4) is 0 Å². The monoisotopic (exact) mass is 388 g/mol. The Kier molecular flexibility index (Phi) is 5.40. The first-order chi connectivity index (χ1) is 12.6. The molecule has 1 aliphatic carbocycles. The highest BCUT2D eigenvalue weighted by atomic mass is 19.4. The molecule has 7 heteroatoms. The van der Waals surface area contributed by atoms with E-state index < -0.39 is 29.6 Å². The number of benzene rings is 2. The van der Waals surface area contributed by atoms with Crippen LogP contribution in [0.25, 0.3) is 0 Å². The van der Waals surface area contributed by atoms with Crippen molar-refractivity contribution < 1.29 is 31.1 Å². The summed E-state index contributed by atoms with van der Waals surface area (Å²) in [6, 6.07) is 4.97. The molecule has 2 aromatic carbocycles. The third-order valence-corrected chi connectivity index (χ3v) is 4.93. The molecule has 2 aromatic rings. The number of hydrogen-bond acceptors (Lipinski definition) is 1. The number of alkyl halides is 3. The topological polar surface area (TPSA) is 9.23 Å². The summed E-state index contributed by atoms with van der Waals surface area (Å²) >= 11 is 0. The van der Waals surface area contributed by atoms with Gasteiger partial charge in [-0.1, -0.05) is 6.07 Å². The second kappa shape index (κ2) is 7.44. The van der Waals surface area contributed by atoms with Crippen molar-refractivity contribution in [3.8, 4) is 5.75 Å². The van der Waals surface area contributed by atoms with Crippen molar-refractivity contribution in [2.45, 2.75) is 45.4 Å². The maximum atomic E-state index is 14.3. The van der Waals surface area contributed by atoms with Crippen molar-refractivity contribution in [2.24, 2.45) is 5.92 Å². The van der Waals surface area contributed by atoms with E-state index in [1.165, 1.54) is 18.2 Å². The average molecular weight is 388 g/mol. The van der Waals surface area contributed by atoms with E-state index in [1.807, 2.05) is 0 Å². The molecule has 0 aliphatic heterocycles. The Morgan fingerprint density at radius 2 is 1.74 bits per heavy atom. The highest BCUT2D eigenvalue weighted by molar-refractivity contribution is 5.39. The molecule has 0 saturated carbocycles. The fourth-order valence-electron chi connectivity index (χ4n) is 3.63. The SMILES string of the molecule is Cc1cc(F)c(CCC2CCc3c(ccc(OC(F)(F)F)c3F)C2)c(F)c1. The Labute approximate surface area is 153 Å². The van der Waals surface area contributed by atoms with Crippen LogP contribution in [-0.2, 0) is 19.3 Å². The summed E-state index contributed by atoms with van der Waals surface area (Å²) < 4.78 is 82.8. The molecule has 3 rings (SSSR count). The summed E-state index contributed by atoms with van der Waals surface area (Å²) in [5.74, 6) is -2.90. The van der Waals surface area contributed by atoms with Crippen molar-refractivity contribution in [2.75, 3.05) is 0 Å². The zero-order chi connectivity index (χ0) is 19.8. The van der Waals surface area contributed by atoms with Gasteiger partial charge in [0.1, 0.15) is 11.6 Å². The predicted octanol–water partition coefficient (Wildman–Crippen LogP) is 6.05. The van der Waals surface area contributed by atoms with Gasteiger partial charge in [-0.25, -0.2) is 13.2 Å². The van der Waals surface area contributed by atoms with Gasteiger partial charge in [0, 0.05) is 5.56 Å². The quantitative estimate of drug-likeness (QED) is 0.580. The molecular weight excluding hydrogens is 370 g/mol. The Morgan fingerprint density at radius 1 is 1.07 bits per heavy atom. The number of halogens is 6. The number of fused-ring (bicyclic) bond motifs is 1. The van der Waals surface area contributed by atoms with Crippen LogP contribution in [-0.4, -0.2) is 6.36 Å². The maximum absolute atomic E-state index is 14.3. The molecule has 0 radical (unpaired) electrons. The molecule has 0 N–H and O–H groups in total. The molecule has 0 aromatic heterocycles. The van der Waals surface area contributed by atoms with Crippen LogP contribution >= 0.6 is 0 Å². The van der Waals surface area contributed by atoms with Crippen LogP contribution in [0.5, 0.6) is 5.75 Å². The maximum Gasteiger partial charge on any atom is 0.573 e. The number of rotatable bonds is 4. The van der Waals surface area contributed by atoms with Crippen molar-refractivity contribution in [3.05, 3.63) is 64.0 Å². The van der Waals surface area contributed by atoms with E-state index in [4.69, 9.17) is 0 Å². The number of hydrogen-bond donors (Lipinski definition) is 0. The lowest BCUT2D eigenvalue weighted by molar-refractivity contribution is -0.275. The Bertz CT molecular complexity index is 820. The van der Waals surface area contributed by atoms with Crippen LogP contribution in [0, 0.1) is 30.3 Å². The van der Waals surface area contributed by atoms with Gasteiger partial charge in [0.25, 0.3) is 0 Å². The summed E-state index contributed by atoms with van der Waals surface area (Å²) in [6.07, 6.45) is -2.97. The van der Waals surface area contributed by atoms with Gasteiger partial charge in [-0.15, -0.1) is 13.2 Å². The zero-order valence-corrected chi connectivity index (χ0v) is 14.6. The van der Waals surface area contributed by atoms with Gasteiger partial charge in [0.15, 0.2) is 11.6 Å². The summed E-state index contributed by atoms with van der Waals surface area (Å²) in [4.78, 5) is 0. The van der Waals surface area contributed by atoms with Crippen molar-refractivity contribution in [3.63, 3.8) is 0 Å². The highest BCUT2D eigenvalue weighted by Gasteiger charge is 2.33. The van der Waals surface area contributed by atoms with Gasteiger partial charge in [-0.3, -0.25) is 0 Å². The third-order valence-electron chi connectivity index (χ3n) is 4.93. The minimum Gasteiger partial charge on any atom is -0.403 e. The van der Waals surface area contributed by atoms with Crippen LogP contribution in [0.2, 0.25) is 0 Å². The fraction of sp³-hybridized carbons (Fsp3) is 0.400. The van der Waals surface area contributed by atoms with Crippen LogP contribution in [0.15, 0.2) is 24.3 Å². The summed E-state index contributed by atoms with van der Waals surface area (Å²) in [7, 11) is 0. The summed E-state index contributed by atoms with van der Waals surface area (Å²) in [6.45, 7) is 1.61. The van der Waals surface area contributed by atoms with Gasteiger partial charge >= 0.3 is 6.36 Å². The van der Waals surface area contributed by atoms with Crippen molar-refractivity contribution in [1.29, 1.82) is 0 Å². The van der Waals surface area contributed by atoms with E-state index in [1.54, 1.807) is 6.92 Å². The van der Waals surface area contributed by atoms with Crippen molar-refractivity contribution in [1.82, 2.24) is 0 Å². The standard InChI is InChI=1S/C20H18F6O/c1-11-8-16(21)15(17(22)9-11)6-3-12-2-5-14-13(10-12)4-7-18(19(14)23)27-20(24,25)26/h4,7-9,12H,2-3,5-6,10H2,1H3. The lowest BCUT2D eigenvalue weighted by atomic mass is 9.80. The fourth-order valence-corrected chi connectivity index (χ4v) is 3.63. The predicted molar refractivity (Wildman–Crippen MR) is 88.0 cm³/mol. The minimum absolute atomic E-state index is 0.0338. The first-order valence-corrected chi connectivity index (χ1v) is 8.64. The van der Waals surface area contributed by atoms with Gasteiger partial charge in [-0.05, 0) is 79.8 Å². The summed E-state index contributed by atoms with van der Waals surface area (Å²) in [5.41, 5.74) is 1.38. The molecule has 0 spiro atoms. The normalized spacial score (nSPS) is 16.9. The van der Waals surface area contributed by atoms with Crippen LogP contribution in [0.4, 0.5) is 26.3 Å². The molecule has 0 saturated heterocycles. The molecule has 1 nitrogen and oxygen atoms in total. The smallest absolute Gasteiger partial charge is 0.403 e. The van der Waals surface area contributed by atoms with Gasteiger partial charge in [0.2, 0.25) is 0 Å². The first-order valence-electron chi connectivity index (χ1n) is 8.64. The summed E-state index contributed by atoms with van der Waals surface area (Å²) in [5, 5.41) is 0. The minimum atomic E-state index is -4.95. The second-order valence-corrected chi connectivity index (χ2v) is 6.92. The molecule has 0 bridgehead atoms. The molecule has 0 amide bonds. The lowest BCUT2D eigenvalue weighted by Gasteiger charge is -2.26. The zero-order valence-electron chi connectivity index (χ0n) is 14.6. The molecule has 0 heterocycles. The Hall–Kier alpha value is -2.18. The van der Waals surface area contributed by atoms with Crippen LogP contribution < -0.4 is 4.74 Å². The highest BCUT2D eigenvalue weighted by Crippen LogP contribution is 2.35. The number of aryl methyl sites for hydroxylation is 1. The van der Waals surface area contributed by atoms with Crippen LogP contribution in [0.1, 0.15) is 35.1 Å². The van der Waals surface area contributed by atoms with Crippen molar-refractivity contribution >= 4 is 0 Å². The molecule has 27 heavy (non-hydrogen) atoms. The van der Waals surface area contributed by atoms with E-state index in [0.29, 0.717) is 30.4 Å².